The van der Waals surface area contributed by atoms with Crippen molar-refractivity contribution in [1.82, 2.24) is 0 Å². The van der Waals surface area contributed by atoms with E-state index < -0.39 is 0 Å². The van der Waals surface area contributed by atoms with Crippen LogP contribution in [0.3, 0.4) is 0 Å². The topological polar surface area (TPSA) is 18.5 Å². The van der Waals surface area contributed by atoms with Crippen LogP contribution < -0.4 is 0 Å². The molecule has 0 spiro atoms. The number of hydrogen-bond acceptors (Lipinski definition) is 2. The van der Waals surface area contributed by atoms with Crippen LogP contribution in [0, 0.1) is 0 Å². The molecule has 0 aromatic carbocycles. The molecule has 0 bridgehead atoms. The third-order valence-corrected chi connectivity index (χ3v) is 3.84. The smallest absolute Gasteiger partial charge is 0.178 e. The van der Waals surface area contributed by atoms with Gasteiger partial charge in [-0.1, -0.05) is 41.5 Å². The SMILES string of the molecule is C=C(CCC=C(C)CCC=C(C)CCC=C(C)C)C(OC)OC. The molecule has 0 aromatic rings. The quantitative estimate of drug-likeness (QED) is 0.307. The molecule has 0 saturated heterocycles. The largest absolute Gasteiger partial charge is 0.352 e. The fraction of sp³-hybridized carbons (Fsp3) is 0.619. The minimum atomic E-state index is -0.282. The van der Waals surface area contributed by atoms with Gasteiger partial charge in [0.25, 0.3) is 0 Å². The second-order valence-electron chi connectivity index (χ2n) is 6.46. The summed E-state index contributed by atoms with van der Waals surface area (Å²) in [6.07, 6.45) is 13.2. The van der Waals surface area contributed by atoms with Crippen LogP contribution in [0.25, 0.3) is 0 Å². The molecule has 0 aliphatic heterocycles. The van der Waals surface area contributed by atoms with Crippen LogP contribution in [0.4, 0.5) is 0 Å². The number of ether oxygens (including phenoxy) is 2. The van der Waals surface area contributed by atoms with E-state index in [1.165, 1.54) is 23.1 Å². The van der Waals surface area contributed by atoms with Gasteiger partial charge in [0.1, 0.15) is 0 Å². The van der Waals surface area contributed by atoms with Gasteiger partial charge in [0.05, 0.1) is 0 Å². The van der Waals surface area contributed by atoms with Crippen LogP contribution >= 0.6 is 0 Å². The molecule has 2 heteroatoms. The molecule has 2 nitrogen and oxygen atoms in total. The van der Waals surface area contributed by atoms with Crippen molar-refractivity contribution in [2.75, 3.05) is 14.2 Å². The fourth-order valence-electron chi connectivity index (χ4n) is 2.39. The van der Waals surface area contributed by atoms with Gasteiger partial charge in [0, 0.05) is 14.2 Å². The molecule has 0 rings (SSSR count). The maximum Gasteiger partial charge on any atom is 0.178 e. The lowest BCUT2D eigenvalue weighted by atomic mass is 10.0. The summed E-state index contributed by atoms with van der Waals surface area (Å²) >= 11 is 0. The maximum absolute atomic E-state index is 5.20. The predicted molar refractivity (Wildman–Crippen MR) is 102 cm³/mol. The van der Waals surface area contributed by atoms with Crippen LogP contribution in [0.2, 0.25) is 0 Å². The zero-order valence-electron chi connectivity index (χ0n) is 16.1. The van der Waals surface area contributed by atoms with Crippen LogP contribution in [0.5, 0.6) is 0 Å². The van der Waals surface area contributed by atoms with Crippen LogP contribution in [-0.4, -0.2) is 20.5 Å². The van der Waals surface area contributed by atoms with Crippen molar-refractivity contribution in [3.63, 3.8) is 0 Å². The number of rotatable bonds is 12. The second-order valence-corrected chi connectivity index (χ2v) is 6.46. The van der Waals surface area contributed by atoms with Crippen LogP contribution in [0.15, 0.2) is 47.1 Å². The molecular weight excluding hydrogens is 284 g/mol. The van der Waals surface area contributed by atoms with E-state index in [0.717, 1.165) is 37.7 Å². The molecule has 0 radical (unpaired) electrons. The summed E-state index contributed by atoms with van der Waals surface area (Å²) in [4.78, 5) is 0. The van der Waals surface area contributed by atoms with Gasteiger partial charge in [0.15, 0.2) is 6.29 Å². The molecule has 0 heterocycles. The van der Waals surface area contributed by atoms with E-state index in [2.05, 4.69) is 52.5 Å². The molecule has 0 fully saturated rings. The molecule has 0 N–H and O–H groups in total. The summed E-state index contributed by atoms with van der Waals surface area (Å²) in [7, 11) is 3.29. The Kier molecular flexibility index (Phi) is 12.7. The van der Waals surface area contributed by atoms with Gasteiger partial charge in [-0.2, -0.15) is 0 Å². The Hall–Kier alpha value is -1.12. The Bertz CT molecular complexity index is 419. The van der Waals surface area contributed by atoms with E-state index in [0.29, 0.717) is 0 Å². The van der Waals surface area contributed by atoms with Crippen molar-refractivity contribution in [3.05, 3.63) is 47.1 Å². The molecular formula is C21H36O2. The molecule has 132 valence electrons. The normalized spacial score (nSPS) is 12.7. The monoisotopic (exact) mass is 320 g/mol. The lowest BCUT2D eigenvalue weighted by molar-refractivity contribution is -0.0762. The Morgan fingerprint density at radius 3 is 1.65 bits per heavy atom. The summed E-state index contributed by atoms with van der Waals surface area (Å²) in [5, 5.41) is 0. The lowest BCUT2D eigenvalue weighted by Crippen LogP contribution is -2.15. The first-order valence-electron chi connectivity index (χ1n) is 8.58. The summed E-state index contributed by atoms with van der Waals surface area (Å²) in [5.41, 5.74) is 5.33. The molecule has 0 saturated carbocycles. The predicted octanol–water partition coefficient (Wildman–Crippen LogP) is 6.36. The number of hydrogen-bond donors (Lipinski definition) is 0. The van der Waals surface area contributed by atoms with Crippen molar-refractivity contribution in [3.8, 4) is 0 Å². The first-order chi connectivity index (χ1) is 10.9. The third-order valence-electron chi connectivity index (χ3n) is 3.84. The van der Waals surface area contributed by atoms with E-state index in [1.54, 1.807) is 14.2 Å². The zero-order valence-corrected chi connectivity index (χ0v) is 16.1. The van der Waals surface area contributed by atoms with Crippen LogP contribution in [-0.2, 0) is 9.47 Å². The Labute approximate surface area is 144 Å². The van der Waals surface area contributed by atoms with E-state index in [1.807, 2.05) is 0 Å². The highest BCUT2D eigenvalue weighted by Gasteiger charge is 2.08. The van der Waals surface area contributed by atoms with Gasteiger partial charge in [0.2, 0.25) is 0 Å². The van der Waals surface area contributed by atoms with Crippen molar-refractivity contribution in [2.24, 2.45) is 0 Å². The summed E-state index contributed by atoms with van der Waals surface area (Å²) in [5.74, 6) is 0. The van der Waals surface area contributed by atoms with Gasteiger partial charge in [-0.05, 0) is 71.8 Å². The Morgan fingerprint density at radius 1 is 0.783 bits per heavy atom. The van der Waals surface area contributed by atoms with E-state index in [9.17, 15) is 0 Å². The molecule has 0 aliphatic rings. The standard InChI is InChI=1S/C21H36O2/c1-17(2)11-8-12-18(3)13-9-14-19(4)15-10-16-20(5)21(22-6)23-7/h11,13,15,21H,5,8-10,12,14,16H2,1-4,6-7H3. The highest BCUT2D eigenvalue weighted by atomic mass is 16.7. The Morgan fingerprint density at radius 2 is 1.22 bits per heavy atom. The first kappa shape index (κ1) is 21.9. The second kappa shape index (κ2) is 13.3. The molecule has 23 heavy (non-hydrogen) atoms. The van der Waals surface area contributed by atoms with Crippen LogP contribution in [0.1, 0.15) is 66.2 Å². The fourth-order valence-corrected chi connectivity index (χ4v) is 2.39. The lowest BCUT2D eigenvalue weighted by Gasteiger charge is -2.15. The highest BCUT2D eigenvalue weighted by molar-refractivity contribution is 5.07. The zero-order chi connectivity index (χ0) is 17.7. The first-order valence-corrected chi connectivity index (χ1v) is 8.58. The van der Waals surface area contributed by atoms with Crippen molar-refractivity contribution < 1.29 is 9.47 Å². The van der Waals surface area contributed by atoms with Gasteiger partial charge in [-0.3, -0.25) is 0 Å². The number of methoxy groups -OCH3 is 2. The molecule has 0 aromatic heterocycles. The number of allylic oxidation sites excluding steroid dienone is 6. The summed E-state index contributed by atoms with van der Waals surface area (Å²) in [6.45, 7) is 12.8. The minimum absolute atomic E-state index is 0.282. The average Bonchev–Trinajstić information content (AvgIpc) is 2.48. The molecule has 0 unspecified atom stereocenters. The molecule has 0 atom stereocenters. The minimum Gasteiger partial charge on any atom is -0.352 e. The molecule has 0 aliphatic carbocycles. The average molecular weight is 321 g/mol. The molecule has 0 amide bonds. The van der Waals surface area contributed by atoms with E-state index in [-0.39, 0.29) is 6.29 Å². The van der Waals surface area contributed by atoms with Crippen molar-refractivity contribution >= 4 is 0 Å². The maximum atomic E-state index is 5.20. The van der Waals surface area contributed by atoms with Gasteiger partial charge >= 0.3 is 0 Å². The van der Waals surface area contributed by atoms with E-state index in [4.69, 9.17) is 9.47 Å². The third kappa shape index (κ3) is 12.0. The van der Waals surface area contributed by atoms with Gasteiger partial charge in [-0.15, -0.1) is 0 Å². The van der Waals surface area contributed by atoms with Gasteiger partial charge in [-0.25, -0.2) is 0 Å². The summed E-state index contributed by atoms with van der Waals surface area (Å²) < 4.78 is 10.4. The summed E-state index contributed by atoms with van der Waals surface area (Å²) in [6, 6.07) is 0. The van der Waals surface area contributed by atoms with Gasteiger partial charge < -0.3 is 9.47 Å². The Balaban J connectivity index is 4.02. The highest BCUT2D eigenvalue weighted by Crippen LogP contribution is 2.15. The van der Waals surface area contributed by atoms with E-state index >= 15 is 0 Å². The van der Waals surface area contributed by atoms with Crippen molar-refractivity contribution in [2.45, 2.75) is 72.5 Å². The van der Waals surface area contributed by atoms with Crippen molar-refractivity contribution in [1.29, 1.82) is 0 Å².